The summed E-state index contributed by atoms with van der Waals surface area (Å²) in [6.45, 7) is 2.06. The molecule has 1 heterocycles. The van der Waals surface area contributed by atoms with E-state index < -0.39 is 17.8 Å². The second-order valence-corrected chi connectivity index (χ2v) is 4.23. The Bertz CT molecular complexity index is 412. The molecule has 0 radical (unpaired) electrons. The van der Waals surface area contributed by atoms with Crippen molar-refractivity contribution in [3.05, 3.63) is 28.3 Å². The van der Waals surface area contributed by atoms with E-state index in [1.54, 1.807) is 0 Å². The van der Waals surface area contributed by atoms with Gasteiger partial charge in [0.05, 0.1) is 19.3 Å². The molecule has 18 heavy (non-hydrogen) atoms. The zero-order valence-corrected chi connectivity index (χ0v) is 10.8. The van der Waals surface area contributed by atoms with Crippen molar-refractivity contribution >= 4 is 0 Å². The van der Waals surface area contributed by atoms with E-state index in [4.69, 9.17) is 9.15 Å². The van der Waals surface area contributed by atoms with Crippen LogP contribution in [0.2, 0.25) is 0 Å². The van der Waals surface area contributed by atoms with Crippen LogP contribution in [0.25, 0.3) is 0 Å². The molecule has 0 aliphatic carbocycles. The smallest absolute Gasteiger partial charge is 0.339 e. The van der Waals surface area contributed by atoms with Crippen molar-refractivity contribution in [3.63, 3.8) is 0 Å². The van der Waals surface area contributed by atoms with E-state index in [0.717, 1.165) is 19.3 Å². The summed E-state index contributed by atoms with van der Waals surface area (Å²) in [5.74, 6) is 0.337. The van der Waals surface area contributed by atoms with Gasteiger partial charge in [0.1, 0.15) is 17.6 Å². The van der Waals surface area contributed by atoms with Gasteiger partial charge in [-0.1, -0.05) is 26.2 Å². The number of rotatable bonds is 7. The quantitative estimate of drug-likeness (QED) is 0.725. The second kappa shape index (κ2) is 7.18. The predicted octanol–water partition coefficient (Wildman–Crippen LogP) is 1.62. The minimum absolute atomic E-state index is 0.0309. The van der Waals surface area contributed by atoms with Gasteiger partial charge in [-0.25, -0.2) is 4.79 Å². The maximum absolute atomic E-state index is 11.2. The first-order chi connectivity index (χ1) is 8.58. The van der Waals surface area contributed by atoms with Crippen molar-refractivity contribution in [2.45, 2.75) is 44.8 Å². The monoisotopic (exact) mass is 256 g/mol. The highest BCUT2D eigenvalue weighted by atomic mass is 16.5. The van der Waals surface area contributed by atoms with Gasteiger partial charge in [-0.15, -0.1) is 0 Å². The Hall–Kier alpha value is -1.33. The summed E-state index contributed by atoms with van der Waals surface area (Å²) in [6, 6.07) is 2.59. The molecule has 0 saturated heterocycles. The Morgan fingerprint density at radius 3 is 2.67 bits per heavy atom. The molecule has 2 N–H and O–H groups in total. The maximum atomic E-state index is 11.2. The largest absolute Gasteiger partial charge is 0.496 e. The highest BCUT2D eigenvalue weighted by molar-refractivity contribution is 5.21. The molecule has 0 spiro atoms. The first-order valence-electron chi connectivity index (χ1n) is 6.13. The lowest BCUT2D eigenvalue weighted by molar-refractivity contribution is -0.00218. The molecule has 0 amide bonds. The van der Waals surface area contributed by atoms with Crippen LogP contribution in [0.4, 0.5) is 0 Å². The number of hydrogen-bond donors (Lipinski definition) is 2. The summed E-state index contributed by atoms with van der Waals surface area (Å²) in [5, 5.41) is 19.7. The molecule has 0 aromatic carbocycles. The second-order valence-electron chi connectivity index (χ2n) is 4.23. The molecule has 0 fully saturated rings. The van der Waals surface area contributed by atoms with Crippen LogP contribution in [0.5, 0.6) is 5.75 Å². The number of hydrogen-bond acceptors (Lipinski definition) is 5. The van der Waals surface area contributed by atoms with Crippen LogP contribution in [0.1, 0.15) is 44.5 Å². The third kappa shape index (κ3) is 4.16. The van der Waals surface area contributed by atoms with Crippen LogP contribution in [-0.2, 0) is 0 Å². The van der Waals surface area contributed by atoms with Gasteiger partial charge in [0.2, 0.25) is 0 Å². The number of ether oxygens (including phenoxy) is 1. The van der Waals surface area contributed by atoms with E-state index in [2.05, 4.69) is 6.92 Å². The molecule has 0 aliphatic rings. The van der Waals surface area contributed by atoms with E-state index in [1.165, 1.54) is 19.2 Å². The minimum Gasteiger partial charge on any atom is -0.496 e. The van der Waals surface area contributed by atoms with Gasteiger partial charge < -0.3 is 19.4 Å². The number of unbranched alkanes of at least 4 members (excludes halogenated alkanes) is 2. The van der Waals surface area contributed by atoms with Gasteiger partial charge >= 0.3 is 5.63 Å². The van der Waals surface area contributed by atoms with Crippen molar-refractivity contribution < 1.29 is 19.4 Å². The van der Waals surface area contributed by atoms with Crippen LogP contribution in [0.3, 0.4) is 0 Å². The molecule has 2 atom stereocenters. The Labute approximate surface area is 106 Å². The average Bonchev–Trinajstić information content (AvgIpc) is 2.37. The van der Waals surface area contributed by atoms with Crippen molar-refractivity contribution in [3.8, 4) is 5.75 Å². The Balaban J connectivity index is 2.73. The Morgan fingerprint density at radius 1 is 1.33 bits per heavy atom. The summed E-state index contributed by atoms with van der Waals surface area (Å²) in [6.07, 6.45) is 1.18. The third-order valence-electron chi connectivity index (χ3n) is 2.76. The molecule has 5 nitrogen and oxygen atoms in total. The Kier molecular flexibility index (Phi) is 5.88. The van der Waals surface area contributed by atoms with Gasteiger partial charge in [0.25, 0.3) is 0 Å². The predicted molar refractivity (Wildman–Crippen MR) is 66.6 cm³/mol. The summed E-state index contributed by atoms with van der Waals surface area (Å²) in [5.41, 5.74) is -0.607. The summed E-state index contributed by atoms with van der Waals surface area (Å²) in [7, 11) is 1.42. The SMILES string of the molecule is CCCCC[C@H](O)[C@@H](O)c1cc(OC)cc(=O)o1. The van der Waals surface area contributed by atoms with Crippen LogP contribution in [0.15, 0.2) is 21.3 Å². The lowest BCUT2D eigenvalue weighted by atomic mass is 10.0. The molecule has 0 aliphatic heterocycles. The van der Waals surface area contributed by atoms with E-state index in [-0.39, 0.29) is 5.76 Å². The molecule has 1 rings (SSSR count). The van der Waals surface area contributed by atoms with E-state index in [9.17, 15) is 15.0 Å². The average molecular weight is 256 g/mol. The van der Waals surface area contributed by atoms with Gasteiger partial charge in [0.15, 0.2) is 0 Å². The van der Waals surface area contributed by atoms with Gasteiger partial charge in [-0.2, -0.15) is 0 Å². The fraction of sp³-hybridized carbons (Fsp3) is 0.615. The molecular weight excluding hydrogens is 236 g/mol. The standard InChI is InChI=1S/C13H20O5/c1-3-4-5-6-10(14)13(16)11-7-9(17-2)8-12(15)18-11/h7-8,10,13-14,16H,3-6H2,1-2H3/t10-,13+/m0/s1. The lowest BCUT2D eigenvalue weighted by Gasteiger charge is -2.16. The van der Waals surface area contributed by atoms with E-state index >= 15 is 0 Å². The molecule has 1 aromatic rings. The molecule has 102 valence electrons. The van der Waals surface area contributed by atoms with Crippen molar-refractivity contribution in [1.29, 1.82) is 0 Å². The number of aliphatic hydroxyl groups excluding tert-OH is 2. The third-order valence-corrected chi connectivity index (χ3v) is 2.76. The van der Waals surface area contributed by atoms with Crippen molar-refractivity contribution in [2.75, 3.05) is 7.11 Å². The Morgan fingerprint density at radius 2 is 2.06 bits per heavy atom. The highest BCUT2D eigenvalue weighted by Crippen LogP contribution is 2.22. The van der Waals surface area contributed by atoms with Gasteiger partial charge in [-0.3, -0.25) is 0 Å². The van der Waals surface area contributed by atoms with Crippen molar-refractivity contribution in [2.24, 2.45) is 0 Å². The number of methoxy groups -OCH3 is 1. The van der Waals surface area contributed by atoms with E-state index in [0.29, 0.717) is 12.2 Å². The lowest BCUT2D eigenvalue weighted by Crippen LogP contribution is -2.19. The maximum Gasteiger partial charge on any atom is 0.339 e. The molecule has 0 unspecified atom stereocenters. The first kappa shape index (κ1) is 14.7. The van der Waals surface area contributed by atoms with Gasteiger partial charge in [0, 0.05) is 6.07 Å². The fourth-order valence-corrected chi connectivity index (χ4v) is 1.69. The highest BCUT2D eigenvalue weighted by Gasteiger charge is 2.21. The van der Waals surface area contributed by atoms with Gasteiger partial charge in [-0.05, 0) is 6.42 Å². The van der Waals surface area contributed by atoms with Crippen LogP contribution >= 0.6 is 0 Å². The molecule has 1 aromatic heterocycles. The number of aliphatic hydroxyl groups is 2. The van der Waals surface area contributed by atoms with Crippen molar-refractivity contribution in [1.82, 2.24) is 0 Å². The summed E-state index contributed by atoms with van der Waals surface area (Å²) in [4.78, 5) is 11.2. The first-order valence-corrected chi connectivity index (χ1v) is 6.13. The molecular formula is C13H20O5. The molecule has 0 bridgehead atoms. The molecule has 5 heteroatoms. The topological polar surface area (TPSA) is 79.9 Å². The zero-order chi connectivity index (χ0) is 13.5. The van der Waals surface area contributed by atoms with Crippen LogP contribution in [-0.4, -0.2) is 23.4 Å². The van der Waals surface area contributed by atoms with Crippen LogP contribution < -0.4 is 10.4 Å². The zero-order valence-electron chi connectivity index (χ0n) is 10.8. The summed E-state index contributed by atoms with van der Waals surface area (Å²) < 4.78 is 9.77. The fourth-order valence-electron chi connectivity index (χ4n) is 1.69. The molecule has 0 saturated carbocycles. The normalized spacial score (nSPS) is 14.2. The summed E-state index contributed by atoms with van der Waals surface area (Å²) >= 11 is 0. The van der Waals surface area contributed by atoms with Crippen LogP contribution in [0, 0.1) is 0 Å². The minimum atomic E-state index is -1.20. The van der Waals surface area contributed by atoms with E-state index in [1.807, 2.05) is 0 Å².